The number of aliphatic hydroxyl groups is 1. The van der Waals surface area contributed by atoms with Crippen molar-refractivity contribution >= 4 is 5.97 Å². The molecule has 0 fully saturated rings. The number of aryl methyl sites for hydroxylation is 1. The van der Waals surface area contributed by atoms with Crippen LogP contribution in [-0.4, -0.2) is 17.2 Å². The minimum atomic E-state index is -0.786. The van der Waals surface area contributed by atoms with Gasteiger partial charge in [0, 0.05) is 0 Å². The van der Waals surface area contributed by atoms with Crippen LogP contribution >= 0.6 is 0 Å². The molecule has 1 aromatic rings. The number of aliphatic hydroxyl groups excluding tert-OH is 1. The summed E-state index contributed by atoms with van der Waals surface area (Å²) >= 11 is 0. The minimum Gasteiger partial charge on any atom is -0.463 e. The van der Waals surface area contributed by atoms with Crippen molar-refractivity contribution in [3.8, 4) is 0 Å². The van der Waals surface area contributed by atoms with Gasteiger partial charge in [-0.05, 0) is 26.3 Å². The Morgan fingerprint density at radius 3 is 2.69 bits per heavy atom. The Hall–Kier alpha value is -1.35. The summed E-state index contributed by atoms with van der Waals surface area (Å²) in [6.07, 6.45) is -0.926. The number of hydrogen-bond donors (Lipinski definition) is 1. The Kier molecular flexibility index (Phi) is 4.50. The lowest BCUT2D eigenvalue weighted by atomic mass is 10.0. The molecule has 3 nitrogen and oxygen atoms in total. The number of carbonyl (C=O) groups is 1. The summed E-state index contributed by atoms with van der Waals surface area (Å²) < 4.78 is 4.97. The van der Waals surface area contributed by atoms with Crippen LogP contribution < -0.4 is 0 Å². The molecule has 3 heteroatoms. The number of ether oxygens (including phenoxy) is 1. The second-order valence-electron chi connectivity index (χ2n) is 4.17. The highest BCUT2D eigenvalue weighted by atomic mass is 16.5. The van der Waals surface area contributed by atoms with E-state index in [-0.39, 0.29) is 18.5 Å². The molecule has 0 saturated carbocycles. The van der Waals surface area contributed by atoms with Crippen LogP contribution in [0.15, 0.2) is 24.3 Å². The van der Waals surface area contributed by atoms with E-state index < -0.39 is 6.10 Å². The average molecular weight is 222 g/mol. The maximum Gasteiger partial charge on any atom is 0.309 e. The molecule has 0 aromatic heterocycles. The van der Waals surface area contributed by atoms with Gasteiger partial charge in [-0.1, -0.05) is 29.8 Å². The van der Waals surface area contributed by atoms with E-state index in [4.69, 9.17) is 4.74 Å². The van der Waals surface area contributed by atoms with Crippen molar-refractivity contribution in [1.82, 2.24) is 0 Å². The Labute approximate surface area is 96.1 Å². The summed E-state index contributed by atoms with van der Waals surface area (Å²) in [6.45, 7) is 5.52. The Bertz CT molecular complexity index is 358. The number of benzene rings is 1. The Balaban J connectivity index is 2.58. The highest BCUT2D eigenvalue weighted by Crippen LogP contribution is 2.18. The monoisotopic (exact) mass is 222 g/mol. The third kappa shape index (κ3) is 4.03. The third-order valence-corrected chi connectivity index (χ3v) is 2.15. The highest BCUT2D eigenvalue weighted by Gasteiger charge is 2.14. The first kappa shape index (κ1) is 12.7. The predicted molar refractivity (Wildman–Crippen MR) is 62.0 cm³/mol. The normalized spacial score (nSPS) is 12.6. The van der Waals surface area contributed by atoms with Gasteiger partial charge in [-0.15, -0.1) is 0 Å². The van der Waals surface area contributed by atoms with E-state index in [0.29, 0.717) is 0 Å². The molecule has 0 bridgehead atoms. The van der Waals surface area contributed by atoms with Crippen LogP contribution in [-0.2, 0) is 9.53 Å². The standard InChI is InChI=1S/C13H18O3/c1-9(2)16-13(15)8-12(14)11-6-4-5-10(3)7-11/h4-7,9,12,14H,8H2,1-3H3. The summed E-state index contributed by atoms with van der Waals surface area (Å²) in [6, 6.07) is 7.48. The van der Waals surface area contributed by atoms with E-state index in [1.165, 1.54) is 0 Å². The first-order valence-corrected chi connectivity index (χ1v) is 5.43. The molecule has 1 N–H and O–H groups in total. The minimum absolute atomic E-state index is 0.00162. The van der Waals surface area contributed by atoms with Gasteiger partial charge in [0.25, 0.3) is 0 Å². The summed E-state index contributed by atoms with van der Waals surface area (Å²) in [7, 11) is 0. The maximum atomic E-state index is 11.3. The van der Waals surface area contributed by atoms with Gasteiger partial charge in [0.2, 0.25) is 0 Å². The lowest BCUT2D eigenvalue weighted by Gasteiger charge is -2.12. The van der Waals surface area contributed by atoms with E-state index in [2.05, 4.69) is 0 Å². The van der Waals surface area contributed by atoms with Crippen molar-refractivity contribution in [1.29, 1.82) is 0 Å². The van der Waals surface area contributed by atoms with Gasteiger partial charge in [0.15, 0.2) is 0 Å². The average Bonchev–Trinajstić information content (AvgIpc) is 2.16. The fourth-order valence-electron chi connectivity index (χ4n) is 1.46. The number of esters is 1. The molecule has 16 heavy (non-hydrogen) atoms. The van der Waals surface area contributed by atoms with Gasteiger partial charge in [0.05, 0.1) is 18.6 Å². The molecule has 1 atom stereocenters. The second kappa shape index (κ2) is 5.66. The number of rotatable bonds is 4. The van der Waals surface area contributed by atoms with Gasteiger partial charge >= 0.3 is 5.97 Å². The van der Waals surface area contributed by atoms with Crippen molar-refractivity contribution in [2.24, 2.45) is 0 Å². The van der Waals surface area contributed by atoms with Crippen molar-refractivity contribution < 1.29 is 14.6 Å². The van der Waals surface area contributed by atoms with Crippen LogP contribution in [0.25, 0.3) is 0 Å². The number of carbonyl (C=O) groups excluding carboxylic acids is 1. The molecule has 0 aliphatic heterocycles. The largest absolute Gasteiger partial charge is 0.463 e. The summed E-state index contributed by atoms with van der Waals surface area (Å²) in [4.78, 5) is 11.3. The molecule has 1 aromatic carbocycles. The SMILES string of the molecule is Cc1cccc(C(O)CC(=O)OC(C)C)c1. The topological polar surface area (TPSA) is 46.5 Å². The van der Waals surface area contributed by atoms with Crippen LogP contribution in [0, 0.1) is 6.92 Å². The molecule has 0 saturated heterocycles. The van der Waals surface area contributed by atoms with E-state index in [1.54, 1.807) is 19.9 Å². The van der Waals surface area contributed by atoms with Gasteiger partial charge in [-0.25, -0.2) is 0 Å². The molecule has 1 rings (SSSR count). The first-order valence-electron chi connectivity index (χ1n) is 5.43. The molecule has 0 spiro atoms. The van der Waals surface area contributed by atoms with E-state index in [0.717, 1.165) is 11.1 Å². The van der Waals surface area contributed by atoms with Crippen molar-refractivity contribution in [3.63, 3.8) is 0 Å². The Morgan fingerprint density at radius 2 is 2.12 bits per heavy atom. The summed E-state index contributed by atoms with van der Waals surface area (Å²) in [5.41, 5.74) is 1.81. The smallest absolute Gasteiger partial charge is 0.309 e. The molecular formula is C13H18O3. The fourth-order valence-corrected chi connectivity index (χ4v) is 1.46. The zero-order chi connectivity index (χ0) is 12.1. The van der Waals surface area contributed by atoms with Gasteiger partial charge < -0.3 is 9.84 Å². The predicted octanol–water partition coefficient (Wildman–Crippen LogP) is 2.37. The van der Waals surface area contributed by atoms with Crippen LogP contribution in [0.3, 0.4) is 0 Å². The quantitative estimate of drug-likeness (QED) is 0.795. The Morgan fingerprint density at radius 1 is 1.44 bits per heavy atom. The molecule has 0 aliphatic rings. The van der Waals surface area contributed by atoms with Crippen LogP contribution in [0.5, 0.6) is 0 Å². The van der Waals surface area contributed by atoms with Crippen molar-refractivity contribution in [2.45, 2.75) is 39.4 Å². The second-order valence-corrected chi connectivity index (χ2v) is 4.17. The van der Waals surface area contributed by atoms with E-state index in [9.17, 15) is 9.90 Å². The van der Waals surface area contributed by atoms with E-state index >= 15 is 0 Å². The summed E-state index contributed by atoms with van der Waals surface area (Å²) in [5, 5.41) is 9.83. The molecule has 0 radical (unpaired) electrons. The molecule has 0 amide bonds. The molecule has 0 aliphatic carbocycles. The van der Waals surface area contributed by atoms with Gasteiger partial charge in [0.1, 0.15) is 0 Å². The molecular weight excluding hydrogens is 204 g/mol. The van der Waals surface area contributed by atoms with Crippen molar-refractivity contribution in [2.75, 3.05) is 0 Å². The van der Waals surface area contributed by atoms with Crippen molar-refractivity contribution in [3.05, 3.63) is 35.4 Å². The van der Waals surface area contributed by atoms with Crippen LogP contribution in [0.2, 0.25) is 0 Å². The highest BCUT2D eigenvalue weighted by molar-refractivity contribution is 5.70. The zero-order valence-corrected chi connectivity index (χ0v) is 9.93. The van der Waals surface area contributed by atoms with Gasteiger partial charge in [-0.2, -0.15) is 0 Å². The zero-order valence-electron chi connectivity index (χ0n) is 9.93. The van der Waals surface area contributed by atoms with Crippen LogP contribution in [0.1, 0.15) is 37.5 Å². The molecule has 88 valence electrons. The number of hydrogen-bond acceptors (Lipinski definition) is 3. The van der Waals surface area contributed by atoms with E-state index in [1.807, 2.05) is 25.1 Å². The maximum absolute atomic E-state index is 11.3. The van der Waals surface area contributed by atoms with Gasteiger partial charge in [-0.3, -0.25) is 4.79 Å². The van der Waals surface area contributed by atoms with Crippen LogP contribution in [0.4, 0.5) is 0 Å². The third-order valence-electron chi connectivity index (χ3n) is 2.15. The molecule has 0 heterocycles. The lowest BCUT2D eigenvalue weighted by molar-refractivity contribution is -0.149. The fraction of sp³-hybridized carbons (Fsp3) is 0.462. The summed E-state index contributed by atoms with van der Waals surface area (Å²) in [5.74, 6) is -0.371. The first-order chi connectivity index (χ1) is 7.49. The molecule has 1 unspecified atom stereocenters. The lowest BCUT2D eigenvalue weighted by Crippen LogP contribution is -2.14.